The van der Waals surface area contributed by atoms with Crippen molar-refractivity contribution in [2.75, 3.05) is 26.2 Å². The lowest BCUT2D eigenvalue weighted by molar-refractivity contribution is -0.0465. The SMILES string of the molecule is Oc1ccc(Cl)c(Cl)c1[C@H]1C[C@H]2CN([C@H]3CC[C@@H]3O)CCN2C1. The molecule has 4 atom stereocenters. The molecule has 4 nitrogen and oxygen atoms in total. The highest BCUT2D eigenvalue weighted by Gasteiger charge is 2.42. The normalized spacial score (nSPS) is 35.1. The largest absolute Gasteiger partial charge is 0.508 e. The van der Waals surface area contributed by atoms with Crippen molar-refractivity contribution in [2.24, 2.45) is 0 Å². The zero-order valence-corrected chi connectivity index (χ0v) is 14.5. The topological polar surface area (TPSA) is 46.9 Å². The van der Waals surface area contributed by atoms with Crippen molar-refractivity contribution < 1.29 is 10.2 Å². The van der Waals surface area contributed by atoms with Gasteiger partial charge in [-0.3, -0.25) is 9.80 Å². The van der Waals surface area contributed by atoms with Gasteiger partial charge < -0.3 is 10.2 Å². The summed E-state index contributed by atoms with van der Waals surface area (Å²) in [7, 11) is 0. The summed E-state index contributed by atoms with van der Waals surface area (Å²) in [6, 6.07) is 4.10. The number of hydrogen-bond donors (Lipinski definition) is 2. The Kier molecular flexibility index (Phi) is 4.23. The summed E-state index contributed by atoms with van der Waals surface area (Å²) >= 11 is 12.5. The lowest BCUT2D eigenvalue weighted by Gasteiger charge is -2.47. The monoisotopic (exact) mass is 356 g/mol. The summed E-state index contributed by atoms with van der Waals surface area (Å²) in [5.41, 5.74) is 0.795. The number of aliphatic hydroxyl groups excluding tert-OH is 1. The number of rotatable bonds is 2. The number of nitrogens with zero attached hydrogens (tertiary/aromatic N) is 2. The van der Waals surface area contributed by atoms with Crippen molar-refractivity contribution in [1.29, 1.82) is 0 Å². The quantitative estimate of drug-likeness (QED) is 0.855. The third-order valence-electron chi connectivity index (χ3n) is 5.84. The number of phenolic OH excluding ortho intramolecular Hbond substituents is 1. The Morgan fingerprint density at radius 3 is 2.52 bits per heavy atom. The molecule has 1 aliphatic carbocycles. The lowest BCUT2D eigenvalue weighted by atomic mass is 9.86. The summed E-state index contributed by atoms with van der Waals surface area (Å²) in [5, 5.41) is 21.1. The first-order valence-corrected chi connectivity index (χ1v) is 9.13. The number of piperazine rings is 1. The Morgan fingerprint density at radius 1 is 1.04 bits per heavy atom. The molecule has 0 radical (unpaired) electrons. The van der Waals surface area contributed by atoms with Crippen molar-refractivity contribution in [2.45, 2.75) is 43.4 Å². The molecular weight excluding hydrogens is 335 g/mol. The van der Waals surface area contributed by atoms with E-state index in [1.54, 1.807) is 12.1 Å². The molecule has 0 unspecified atom stereocenters. The predicted octanol–water partition coefficient (Wildman–Crippen LogP) is 2.70. The van der Waals surface area contributed by atoms with Gasteiger partial charge in [0.05, 0.1) is 16.1 Å². The van der Waals surface area contributed by atoms with Crippen molar-refractivity contribution in [1.82, 2.24) is 9.80 Å². The molecule has 2 aliphatic heterocycles. The van der Waals surface area contributed by atoms with Crippen LogP contribution in [0.5, 0.6) is 5.75 Å². The fourth-order valence-electron chi connectivity index (χ4n) is 4.41. The van der Waals surface area contributed by atoms with Gasteiger partial charge in [-0.25, -0.2) is 0 Å². The van der Waals surface area contributed by atoms with Gasteiger partial charge in [-0.1, -0.05) is 23.2 Å². The van der Waals surface area contributed by atoms with Gasteiger partial charge in [0.15, 0.2) is 0 Å². The second kappa shape index (κ2) is 6.08. The van der Waals surface area contributed by atoms with E-state index in [0.29, 0.717) is 22.1 Å². The summed E-state index contributed by atoms with van der Waals surface area (Å²) < 4.78 is 0. The standard InChI is InChI=1S/C17H22Cl2N2O2/c18-12-1-3-15(23)16(17(12)19)10-7-11-9-21(6-5-20(11)8-10)13-2-4-14(13)22/h1,3,10-11,13-14,22-23H,2,4-9H2/t10-,11-,13-,14-/m0/s1. The van der Waals surface area contributed by atoms with Crippen LogP contribution in [0.3, 0.4) is 0 Å². The minimum Gasteiger partial charge on any atom is -0.508 e. The number of halogens is 2. The van der Waals surface area contributed by atoms with Crippen LogP contribution in [0.15, 0.2) is 12.1 Å². The van der Waals surface area contributed by atoms with E-state index in [1.165, 1.54) is 0 Å². The Hall–Kier alpha value is -0.520. The highest BCUT2D eigenvalue weighted by atomic mass is 35.5. The van der Waals surface area contributed by atoms with Crippen LogP contribution in [0.1, 0.15) is 30.7 Å². The summed E-state index contributed by atoms with van der Waals surface area (Å²) in [6.45, 7) is 3.94. The number of fused-ring (bicyclic) bond motifs is 1. The van der Waals surface area contributed by atoms with Gasteiger partial charge in [0.1, 0.15) is 5.75 Å². The molecule has 0 spiro atoms. The van der Waals surface area contributed by atoms with Crippen molar-refractivity contribution >= 4 is 23.2 Å². The smallest absolute Gasteiger partial charge is 0.120 e. The van der Waals surface area contributed by atoms with Crippen LogP contribution in [0.4, 0.5) is 0 Å². The van der Waals surface area contributed by atoms with E-state index in [1.807, 2.05) is 0 Å². The van der Waals surface area contributed by atoms with Crippen LogP contribution < -0.4 is 0 Å². The van der Waals surface area contributed by atoms with Crippen molar-refractivity contribution in [3.8, 4) is 5.75 Å². The molecule has 0 amide bonds. The maximum atomic E-state index is 10.2. The lowest BCUT2D eigenvalue weighted by Crippen LogP contribution is -2.59. The first kappa shape index (κ1) is 16.0. The third kappa shape index (κ3) is 2.75. The molecule has 4 rings (SSSR count). The van der Waals surface area contributed by atoms with E-state index in [-0.39, 0.29) is 17.8 Å². The molecule has 3 aliphatic rings. The van der Waals surface area contributed by atoms with Crippen molar-refractivity contribution in [3.05, 3.63) is 27.7 Å². The molecule has 1 aromatic carbocycles. The van der Waals surface area contributed by atoms with Crippen LogP contribution in [0, 0.1) is 0 Å². The van der Waals surface area contributed by atoms with Gasteiger partial charge in [-0.2, -0.15) is 0 Å². The first-order chi connectivity index (χ1) is 11.0. The summed E-state index contributed by atoms with van der Waals surface area (Å²) in [6.07, 6.45) is 2.88. The van der Waals surface area contributed by atoms with Crippen LogP contribution in [0.2, 0.25) is 10.0 Å². The van der Waals surface area contributed by atoms with Gasteiger partial charge in [0.25, 0.3) is 0 Å². The number of benzene rings is 1. The summed E-state index contributed by atoms with van der Waals surface area (Å²) in [5.74, 6) is 0.466. The molecule has 0 aromatic heterocycles. The third-order valence-corrected chi connectivity index (χ3v) is 6.66. The molecule has 6 heteroatoms. The number of hydrogen-bond acceptors (Lipinski definition) is 4. The minimum absolute atomic E-state index is 0.148. The van der Waals surface area contributed by atoms with E-state index in [4.69, 9.17) is 23.2 Å². The molecular formula is C17H22Cl2N2O2. The molecule has 1 saturated carbocycles. The Labute approximate surface area is 146 Å². The second-order valence-electron chi connectivity index (χ2n) is 7.08. The van der Waals surface area contributed by atoms with E-state index < -0.39 is 0 Å². The minimum atomic E-state index is -0.148. The maximum Gasteiger partial charge on any atom is 0.120 e. The summed E-state index contributed by atoms with van der Waals surface area (Å²) in [4.78, 5) is 4.93. The molecule has 2 N–H and O–H groups in total. The maximum absolute atomic E-state index is 10.2. The van der Waals surface area contributed by atoms with Gasteiger partial charge >= 0.3 is 0 Å². The van der Waals surface area contributed by atoms with E-state index in [2.05, 4.69) is 9.80 Å². The highest BCUT2D eigenvalue weighted by Crippen LogP contribution is 2.44. The average Bonchev–Trinajstić information content (AvgIpc) is 2.92. The number of phenols is 1. The Balaban J connectivity index is 1.50. The van der Waals surface area contributed by atoms with E-state index in [0.717, 1.165) is 51.0 Å². The molecule has 126 valence electrons. The van der Waals surface area contributed by atoms with E-state index >= 15 is 0 Å². The Morgan fingerprint density at radius 2 is 1.83 bits per heavy atom. The zero-order chi connectivity index (χ0) is 16.1. The van der Waals surface area contributed by atoms with Crippen LogP contribution in [-0.4, -0.2) is 64.4 Å². The van der Waals surface area contributed by atoms with E-state index in [9.17, 15) is 10.2 Å². The number of aliphatic hydroxyl groups is 1. The van der Waals surface area contributed by atoms with Gasteiger partial charge in [-0.15, -0.1) is 0 Å². The van der Waals surface area contributed by atoms with Gasteiger partial charge in [0.2, 0.25) is 0 Å². The van der Waals surface area contributed by atoms with Crippen LogP contribution in [0.25, 0.3) is 0 Å². The van der Waals surface area contributed by atoms with Gasteiger partial charge in [0, 0.05) is 49.7 Å². The van der Waals surface area contributed by atoms with Crippen LogP contribution in [-0.2, 0) is 0 Å². The van der Waals surface area contributed by atoms with Gasteiger partial charge in [-0.05, 0) is 31.4 Å². The molecule has 3 fully saturated rings. The average molecular weight is 357 g/mol. The molecule has 1 aromatic rings. The Bertz CT molecular complexity index is 613. The molecule has 23 heavy (non-hydrogen) atoms. The fraction of sp³-hybridized carbons (Fsp3) is 0.647. The molecule has 2 heterocycles. The molecule has 0 bridgehead atoms. The molecule has 2 saturated heterocycles. The second-order valence-corrected chi connectivity index (χ2v) is 7.87. The predicted molar refractivity (Wildman–Crippen MR) is 91.4 cm³/mol. The van der Waals surface area contributed by atoms with Crippen molar-refractivity contribution in [3.63, 3.8) is 0 Å². The fourth-order valence-corrected chi connectivity index (χ4v) is 4.89. The zero-order valence-electron chi connectivity index (χ0n) is 13.0. The first-order valence-electron chi connectivity index (χ1n) is 8.37. The highest BCUT2D eigenvalue weighted by molar-refractivity contribution is 6.42. The van der Waals surface area contributed by atoms with Crippen LogP contribution >= 0.6 is 23.2 Å². The number of aromatic hydroxyl groups is 1.